The van der Waals surface area contributed by atoms with Crippen LogP contribution in [0, 0.1) is 19.7 Å². The molecule has 0 aliphatic rings. The molecule has 0 bridgehead atoms. The molecule has 0 saturated heterocycles. The van der Waals surface area contributed by atoms with E-state index in [-0.39, 0.29) is 5.91 Å². The maximum absolute atomic E-state index is 12.6. The molecule has 8 heteroatoms. The lowest BCUT2D eigenvalue weighted by atomic mass is 10.1. The van der Waals surface area contributed by atoms with E-state index in [2.05, 4.69) is 10.6 Å². The number of carbonyl (C=O) groups excluding carboxylic acids is 2. The Labute approximate surface area is 154 Å². The standard InChI is InChI=1S/C10H13NO.C9H7F4NO/c1-7-4-5-9(8(2)6-7)10(12)11-3;1-14-8(15)6-3-2-5(10)4-7(6)9(11,12)13/h4-6H,1-3H3,(H,11,12);2-4H,1H3,(H,14,15). The van der Waals surface area contributed by atoms with Crippen LogP contribution in [0.15, 0.2) is 36.4 Å². The lowest BCUT2D eigenvalue weighted by Gasteiger charge is -2.11. The van der Waals surface area contributed by atoms with Crippen LogP contribution >= 0.6 is 0 Å². The molecule has 0 heterocycles. The third-order valence-electron chi connectivity index (χ3n) is 3.61. The summed E-state index contributed by atoms with van der Waals surface area (Å²) >= 11 is 0. The fourth-order valence-electron chi connectivity index (χ4n) is 2.29. The smallest absolute Gasteiger partial charge is 0.355 e. The molecule has 0 spiro atoms. The van der Waals surface area contributed by atoms with E-state index < -0.39 is 29.0 Å². The van der Waals surface area contributed by atoms with Crippen molar-refractivity contribution in [2.75, 3.05) is 14.1 Å². The summed E-state index contributed by atoms with van der Waals surface area (Å²) < 4.78 is 49.7. The molecule has 146 valence electrons. The average Bonchev–Trinajstić information content (AvgIpc) is 2.60. The highest BCUT2D eigenvalue weighted by Crippen LogP contribution is 2.32. The number of aryl methyl sites for hydroxylation is 2. The fourth-order valence-corrected chi connectivity index (χ4v) is 2.29. The van der Waals surface area contributed by atoms with Gasteiger partial charge in [-0.25, -0.2) is 4.39 Å². The molecule has 2 aromatic rings. The van der Waals surface area contributed by atoms with Crippen molar-refractivity contribution in [3.8, 4) is 0 Å². The molecule has 0 saturated carbocycles. The molecular formula is C19H20F4N2O2. The van der Waals surface area contributed by atoms with Crippen LogP contribution in [0.4, 0.5) is 17.6 Å². The van der Waals surface area contributed by atoms with Crippen molar-refractivity contribution in [2.24, 2.45) is 0 Å². The summed E-state index contributed by atoms with van der Waals surface area (Å²) in [5.41, 5.74) is 1.09. The third-order valence-corrected chi connectivity index (χ3v) is 3.61. The highest BCUT2D eigenvalue weighted by molar-refractivity contribution is 5.96. The number of alkyl halides is 3. The fraction of sp³-hybridized carbons (Fsp3) is 0.263. The minimum absolute atomic E-state index is 0.0208. The van der Waals surface area contributed by atoms with Crippen LogP contribution < -0.4 is 10.6 Å². The third kappa shape index (κ3) is 6.09. The van der Waals surface area contributed by atoms with E-state index in [1.807, 2.05) is 32.0 Å². The number of halogens is 4. The zero-order chi connectivity index (χ0) is 20.8. The molecule has 2 aromatic carbocycles. The molecule has 2 rings (SSSR count). The van der Waals surface area contributed by atoms with Gasteiger partial charge >= 0.3 is 6.18 Å². The summed E-state index contributed by atoms with van der Waals surface area (Å²) in [5.74, 6) is -1.95. The summed E-state index contributed by atoms with van der Waals surface area (Å²) in [5, 5.41) is 4.65. The highest BCUT2D eigenvalue weighted by Gasteiger charge is 2.35. The first-order valence-electron chi connectivity index (χ1n) is 7.89. The molecule has 0 fully saturated rings. The topological polar surface area (TPSA) is 58.2 Å². The Morgan fingerprint density at radius 3 is 1.85 bits per heavy atom. The largest absolute Gasteiger partial charge is 0.417 e. The van der Waals surface area contributed by atoms with E-state index in [4.69, 9.17) is 0 Å². The van der Waals surface area contributed by atoms with E-state index in [0.29, 0.717) is 6.07 Å². The maximum Gasteiger partial charge on any atom is 0.417 e. The van der Waals surface area contributed by atoms with Gasteiger partial charge in [0.1, 0.15) is 5.82 Å². The van der Waals surface area contributed by atoms with Gasteiger partial charge in [0.15, 0.2) is 0 Å². The predicted molar refractivity (Wildman–Crippen MR) is 94.1 cm³/mol. The molecule has 0 radical (unpaired) electrons. The first kappa shape index (κ1) is 22.1. The average molecular weight is 384 g/mol. The summed E-state index contributed by atoms with van der Waals surface area (Å²) in [6, 6.07) is 7.70. The molecule has 4 nitrogen and oxygen atoms in total. The van der Waals surface area contributed by atoms with Crippen LogP contribution in [0.2, 0.25) is 0 Å². The van der Waals surface area contributed by atoms with Gasteiger partial charge in [-0.15, -0.1) is 0 Å². The van der Waals surface area contributed by atoms with Gasteiger partial charge in [0.2, 0.25) is 0 Å². The summed E-state index contributed by atoms with van der Waals surface area (Å²) in [6.45, 7) is 3.96. The maximum atomic E-state index is 12.6. The van der Waals surface area contributed by atoms with Gasteiger partial charge in [-0.1, -0.05) is 17.7 Å². The van der Waals surface area contributed by atoms with Gasteiger partial charge in [0, 0.05) is 19.7 Å². The van der Waals surface area contributed by atoms with E-state index in [0.717, 1.165) is 23.3 Å². The lowest BCUT2D eigenvalue weighted by Crippen LogP contribution is -2.22. The first-order chi connectivity index (χ1) is 12.5. The number of carbonyl (C=O) groups is 2. The minimum Gasteiger partial charge on any atom is -0.355 e. The zero-order valence-electron chi connectivity index (χ0n) is 15.3. The molecule has 0 aliphatic heterocycles. The Bertz CT molecular complexity index is 833. The molecule has 0 atom stereocenters. The summed E-state index contributed by atoms with van der Waals surface area (Å²) in [7, 11) is 2.84. The molecular weight excluding hydrogens is 364 g/mol. The predicted octanol–water partition coefficient (Wildman–Crippen LogP) is 3.87. The number of benzene rings is 2. The van der Waals surface area contributed by atoms with Crippen LogP contribution in [-0.4, -0.2) is 25.9 Å². The van der Waals surface area contributed by atoms with Crippen molar-refractivity contribution in [1.82, 2.24) is 10.6 Å². The summed E-state index contributed by atoms with van der Waals surface area (Å²) in [4.78, 5) is 22.3. The van der Waals surface area contributed by atoms with Crippen molar-refractivity contribution in [1.29, 1.82) is 0 Å². The number of hydrogen-bond acceptors (Lipinski definition) is 2. The van der Waals surface area contributed by atoms with E-state index in [1.54, 1.807) is 7.05 Å². The number of nitrogens with one attached hydrogen (secondary N) is 2. The lowest BCUT2D eigenvalue weighted by molar-refractivity contribution is -0.138. The van der Waals surface area contributed by atoms with Crippen LogP contribution in [0.5, 0.6) is 0 Å². The van der Waals surface area contributed by atoms with Crippen molar-refractivity contribution < 1.29 is 27.2 Å². The van der Waals surface area contributed by atoms with Crippen molar-refractivity contribution in [3.63, 3.8) is 0 Å². The molecule has 2 amide bonds. The molecule has 27 heavy (non-hydrogen) atoms. The highest BCUT2D eigenvalue weighted by atomic mass is 19.4. The van der Waals surface area contributed by atoms with Gasteiger partial charge in [-0.05, 0) is 43.7 Å². The van der Waals surface area contributed by atoms with Crippen LogP contribution in [0.3, 0.4) is 0 Å². The number of hydrogen-bond donors (Lipinski definition) is 2. The number of rotatable bonds is 2. The second-order valence-corrected chi connectivity index (χ2v) is 5.66. The van der Waals surface area contributed by atoms with Crippen LogP contribution in [-0.2, 0) is 6.18 Å². The van der Waals surface area contributed by atoms with E-state index in [1.165, 1.54) is 12.6 Å². The Morgan fingerprint density at radius 1 is 0.852 bits per heavy atom. The monoisotopic (exact) mass is 384 g/mol. The molecule has 2 N–H and O–H groups in total. The van der Waals surface area contributed by atoms with Gasteiger partial charge in [0.25, 0.3) is 11.8 Å². The first-order valence-corrected chi connectivity index (χ1v) is 7.89. The molecule has 0 aliphatic carbocycles. The van der Waals surface area contributed by atoms with Crippen molar-refractivity contribution >= 4 is 11.8 Å². The Morgan fingerprint density at radius 2 is 1.37 bits per heavy atom. The van der Waals surface area contributed by atoms with Gasteiger partial charge in [0.05, 0.1) is 11.1 Å². The van der Waals surface area contributed by atoms with E-state index in [9.17, 15) is 27.2 Å². The normalized spacial score (nSPS) is 10.5. The zero-order valence-corrected chi connectivity index (χ0v) is 15.3. The van der Waals surface area contributed by atoms with Crippen LogP contribution in [0.25, 0.3) is 0 Å². The van der Waals surface area contributed by atoms with Crippen LogP contribution in [0.1, 0.15) is 37.4 Å². The Balaban J connectivity index is 0.000000277. The Kier molecular flexibility index (Phi) is 7.51. The van der Waals surface area contributed by atoms with Gasteiger partial charge < -0.3 is 10.6 Å². The summed E-state index contributed by atoms with van der Waals surface area (Å²) in [6.07, 6.45) is -4.75. The van der Waals surface area contributed by atoms with Crippen molar-refractivity contribution in [2.45, 2.75) is 20.0 Å². The van der Waals surface area contributed by atoms with Gasteiger partial charge in [-0.2, -0.15) is 13.2 Å². The van der Waals surface area contributed by atoms with Crippen molar-refractivity contribution in [3.05, 3.63) is 70.0 Å². The Hall–Kier alpha value is -2.90. The quantitative estimate of drug-likeness (QED) is 0.773. The second kappa shape index (κ2) is 9.16. The van der Waals surface area contributed by atoms with E-state index >= 15 is 0 Å². The molecule has 0 aromatic heterocycles. The SMILES string of the molecule is CNC(=O)c1ccc(C)cc1C.CNC(=O)c1ccc(F)cc1C(F)(F)F. The van der Waals surface area contributed by atoms with Gasteiger partial charge in [-0.3, -0.25) is 9.59 Å². The molecule has 0 unspecified atom stereocenters. The second-order valence-electron chi connectivity index (χ2n) is 5.66. The minimum atomic E-state index is -4.75. The number of amides is 2.